The predicted molar refractivity (Wildman–Crippen MR) is 43.9 cm³/mol. The zero-order valence-electron chi connectivity index (χ0n) is 6.96. The second-order valence-electron chi connectivity index (χ2n) is 2.20. The van der Waals surface area contributed by atoms with Gasteiger partial charge in [-0.1, -0.05) is 0 Å². The molecular weight excluding hydrogens is 178 g/mol. The summed E-state index contributed by atoms with van der Waals surface area (Å²) in [6.07, 6.45) is -1.47. The topological polar surface area (TPSA) is 18.5 Å². The van der Waals surface area contributed by atoms with Crippen LogP contribution >= 0.6 is 0 Å². The molecule has 13 heavy (non-hydrogen) atoms. The molecule has 0 unspecified atom stereocenters. The average molecular weight is 186 g/mol. The highest BCUT2D eigenvalue weighted by Gasteiger charge is 1.94. The highest BCUT2D eigenvalue weighted by atomic mass is 19.3. The van der Waals surface area contributed by atoms with Crippen LogP contribution in [0.3, 0.4) is 0 Å². The Morgan fingerprint density at radius 3 is 2.15 bits per heavy atom. The van der Waals surface area contributed by atoms with Crippen LogP contribution in [-0.4, -0.2) is 7.11 Å². The van der Waals surface area contributed by atoms with Crippen molar-refractivity contribution >= 4 is 0 Å². The molecule has 4 heteroatoms. The first-order valence-corrected chi connectivity index (χ1v) is 3.54. The number of benzene rings is 1. The Balaban J connectivity index is 2.64. The lowest BCUT2D eigenvalue weighted by Crippen LogP contribution is -1.84. The molecule has 0 aromatic heterocycles. The standard InChI is InChI=1S/C9H8F2O2/c1-12-7-2-4-8(5-3-7)13-6-9(10)11/h2-6H,1H3. The molecule has 0 aliphatic heterocycles. The molecule has 0 bridgehead atoms. The Labute approximate surface area is 74.4 Å². The monoisotopic (exact) mass is 186 g/mol. The van der Waals surface area contributed by atoms with E-state index in [1.54, 1.807) is 12.1 Å². The minimum atomic E-state index is -1.86. The third-order valence-corrected chi connectivity index (χ3v) is 1.34. The lowest BCUT2D eigenvalue weighted by Gasteiger charge is -2.01. The maximum Gasteiger partial charge on any atom is 0.305 e. The van der Waals surface area contributed by atoms with E-state index in [0.717, 1.165) is 0 Å². The van der Waals surface area contributed by atoms with Crippen molar-refractivity contribution in [2.24, 2.45) is 0 Å². The van der Waals surface area contributed by atoms with E-state index < -0.39 is 6.08 Å². The quantitative estimate of drug-likeness (QED) is 0.676. The van der Waals surface area contributed by atoms with Crippen molar-refractivity contribution in [1.82, 2.24) is 0 Å². The van der Waals surface area contributed by atoms with Gasteiger partial charge in [0.1, 0.15) is 11.5 Å². The van der Waals surface area contributed by atoms with Crippen LogP contribution in [-0.2, 0) is 0 Å². The van der Waals surface area contributed by atoms with Gasteiger partial charge in [-0.05, 0) is 24.3 Å². The normalized spacial score (nSPS) is 9.15. The molecule has 0 amide bonds. The van der Waals surface area contributed by atoms with Gasteiger partial charge in [0, 0.05) is 0 Å². The largest absolute Gasteiger partial charge is 0.497 e. The summed E-state index contributed by atoms with van der Waals surface area (Å²) < 4.78 is 32.6. The molecule has 2 nitrogen and oxygen atoms in total. The average Bonchev–Trinajstić information content (AvgIpc) is 2.15. The molecule has 1 rings (SSSR count). The number of ether oxygens (including phenoxy) is 2. The second-order valence-corrected chi connectivity index (χ2v) is 2.20. The lowest BCUT2D eigenvalue weighted by atomic mass is 10.3. The maximum absolute atomic E-state index is 11.6. The number of hydrogen-bond donors (Lipinski definition) is 0. The smallest absolute Gasteiger partial charge is 0.305 e. The van der Waals surface area contributed by atoms with E-state index in [9.17, 15) is 8.78 Å². The van der Waals surface area contributed by atoms with E-state index in [4.69, 9.17) is 4.74 Å². The number of methoxy groups -OCH3 is 1. The fourth-order valence-electron chi connectivity index (χ4n) is 0.767. The molecule has 1 aromatic rings. The van der Waals surface area contributed by atoms with Crippen molar-refractivity contribution in [1.29, 1.82) is 0 Å². The molecule has 0 radical (unpaired) electrons. The highest BCUT2D eigenvalue weighted by molar-refractivity contribution is 5.31. The van der Waals surface area contributed by atoms with E-state index >= 15 is 0 Å². The van der Waals surface area contributed by atoms with Crippen molar-refractivity contribution < 1.29 is 18.3 Å². The van der Waals surface area contributed by atoms with Gasteiger partial charge < -0.3 is 9.47 Å². The number of rotatable bonds is 3. The first-order chi connectivity index (χ1) is 6.22. The van der Waals surface area contributed by atoms with Crippen LogP contribution < -0.4 is 9.47 Å². The Hall–Kier alpha value is -1.58. The first kappa shape index (κ1) is 9.51. The van der Waals surface area contributed by atoms with Crippen molar-refractivity contribution in [3.63, 3.8) is 0 Å². The maximum atomic E-state index is 11.6. The molecule has 0 saturated heterocycles. The molecule has 1 aromatic carbocycles. The molecule has 0 heterocycles. The minimum absolute atomic E-state index is 0.341. The van der Waals surface area contributed by atoms with Crippen molar-refractivity contribution in [3.05, 3.63) is 36.6 Å². The van der Waals surface area contributed by atoms with Crippen LogP contribution in [0.4, 0.5) is 8.78 Å². The summed E-state index contributed by atoms with van der Waals surface area (Å²) in [5.74, 6) is 0.991. The Kier molecular flexibility index (Phi) is 3.25. The van der Waals surface area contributed by atoms with Gasteiger partial charge in [-0.25, -0.2) is 0 Å². The Bertz CT molecular complexity index is 289. The van der Waals surface area contributed by atoms with Crippen LogP contribution in [0.25, 0.3) is 0 Å². The third-order valence-electron chi connectivity index (χ3n) is 1.34. The summed E-state index contributed by atoms with van der Waals surface area (Å²) in [6, 6.07) is 6.33. The van der Waals surface area contributed by atoms with Crippen molar-refractivity contribution in [2.75, 3.05) is 7.11 Å². The van der Waals surface area contributed by atoms with Gasteiger partial charge >= 0.3 is 6.08 Å². The van der Waals surface area contributed by atoms with Crippen LogP contribution in [0.15, 0.2) is 36.6 Å². The summed E-state index contributed by atoms with van der Waals surface area (Å²) in [4.78, 5) is 0. The van der Waals surface area contributed by atoms with Crippen molar-refractivity contribution in [3.8, 4) is 11.5 Å². The molecule has 0 atom stereocenters. The van der Waals surface area contributed by atoms with E-state index in [2.05, 4.69) is 4.74 Å². The van der Waals surface area contributed by atoms with Crippen LogP contribution in [0.1, 0.15) is 0 Å². The van der Waals surface area contributed by atoms with E-state index in [1.807, 2.05) is 0 Å². The summed E-state index contributed by atoms with van der Waals surface area (Å²) in [7, 11) is 1.52. The van der Waals surface area contributed by atoms with E-state index in [1.165, 1.54) is 19.2 Å². The lowest BCUT2D eigenvalue weighted by molar-refractivity contribution is 0.364. The molecule has 0 aliphatic carbocycles. The van der Waals surface area contributed by atoms with Crippen LogP contribution in [0, 0.1) is 0 Å². The SMILES string of the molecule is COc1ccc(OC=C(F)F)cc1. The summed E-state index contributed by atoms with van der Waals surface area (Å²) >= 11 is 0. The van der Waals surface area contributed by atoms with Crippen molar-refractivity contribution in [2.45, 2.75) is 0 Å². The van der Waals surface area contributed by atoms with Gasteiger partial charge in [-0.3, -0.25) is 0 Å². The van der Waals surface area contributed by atoms with Gasteiger partial charge in [-0.2, -0.15) is 8.78 Å². The molecule has 70 valence electrons. The molecule has 0 aliphatic rings. The van der Waals surface area contributed by atoms with Gasteiger partial charge in [0.2, 0.25) is 0 Å². The molecular formula is C9H8F2O2. The molecule has 0 fully saturated rings. The first-order valence-electron chi connectivity index (χ1n) is 3.54. The van der Waals surface area contributed by atoms with Gasteiger partial charge in [0.25, 0.3) is 0 Å². The highest BCUT2D eigenvalue weighted by Crippen LogP contribution is 2.17. The fourth-order valence-corrected chi connectivity index (χ4v) is 0.767. The molecule has 0 spiro atoms. The minimum Gasteiger partial charge on any atom is -0.497 e. The predicted octanol–water partition coefficient (Wildman–Crippen LogP) is 2.81. The summed E-state index contributed by atoms with van der Waals surface area (Å²) in [5, 5.41) is 0. The number of halogens is 2. The van der Waals surface area contributed by atoms with Crippen LogP contribution in [0.5, 0.6) is 11.5 Å². The van der Waals surface area contributed by atoms with E-state index in [0.29, 0.717) is 17.8 Å². The van der Waals surface area contributed by atoms with Gasteiger partial charge in [0.05, 0.1) is 7.11 Å². The van der Waals surface area contributed by atoms with Gasteiger partial charge in [0.15, 0.2) is 6.26 Å². The van der Waals surface area contributed by atoms with Gasteiger partial charge in [-0.15, -0.1) is 0 Å². The third kappa shape index (κ3) is 3.11. The van der Waals surface area contributed by atoms with Crippen LogP contribution in [0.2, 0.25) is 0 Å². The zero-order valence-corrected chi connectivity index (χ0v) is 6.96. The number of hydrogen-bond acceptors (Lipinski definition) is 2. The summed E-state index contributed by atoms with van der Waals surface area (Å²) in [6.45, 7) is 0. The molecule has 0 N–H and O–H groups in total. The second kappa shape index (κ2) is 4.45. The Morgan fingerprint density at radius 2 is 1.69 bits per heavy atom. The summed E-state index contributed by atoms with van der Waals surface area (Å²) in [5.41, 5.74) is 0. The zero-order chi connectivity index (χ0) is 9.68. The van der Waals surface area contributed by atoms with E-state index in [-0.39, 0.29) is 0 Å². The fraction of sp³-hybridized carbons (Fsp3) is 0.111. The molecule has 0 saturated carbocycles. The Morgan fingerprint density at radius 1 is 1.15 bits per heavy atom.